The van der Waals surface area contributed by atoms with Gasteiger partial charge in [0, 0.05) is 24.5 Å². The first-order chi connectivity index (χ1) is 13.0. The Bertz CT molecular complexity index is 1050. The van der Waals surface area contributed by atoms with Gasteiger partial charge in [-0.2, -0.15) is 5.10 Å². The van der Waals surface area contributed by atoms with Crippen LogP contribution >= 0.6 is 0 Å². The second kappa shape index (κ2) is 7.02. The minimum atomic E-state index is -0.177. The summed E-state index contributed by atoms with van der Waals surface area (Å²) in [5.74, 6) is 0.375. The number of carbonyl (C=O) groups excluding carboxylic acids is 1. The highest BCUT2D eigenvalue weighted by molar-refractivity contribution is 5.75. The second-order valence-electron chi connectivity index (χ2n) is 7.56. The summed E-state index contributed by atoms with van der Waals surface area (Å²) in [7, 11) is 0. The molecule has 140 valence electrons. The number of benzene rings is 1. The van der Waals surface area contributed by atoms with Gasteiger partial charge in [0.2, 0.25) is 5.91 Å². The van der Waals surface area contributed by atoms with Crippen LogP contribution in [-0.4, -0.2) is 20.1 Å². The molecule has 0 spiro atoms. The molecule has 0 saturated carbocycles. The van der Waals surface area contributed by atoms with E-state index in [2.05, 4.69) is 17.3 Å². The number of rotatable bonds is 4. The molecule has 0 bridgehead atoms. The Morgan fingerprint density at radius 3 is 2.81 bits per heavy atom. The number of nitrogens with zero attached hydrogens (tertiary/aromatic N) is 3. The van der Waals surface area contributed by atoms with E-state index in [1.165, 1.54) is 10.1 Å². The van der Waals surface area contributed by atoms with Gasteiger partial charge in [-0.3, -0.25) is 9.59 Å². The number of nitrogens with one attached hydrogen (secondary N) is 1. The third-order valence-corrected chi connectivity index (χ3v) is 5.29. The van der Waals surface area contributed by atoms with E-state index in [4.69, 9.17) is 0 Å². The Labute approximate surface area is 157 Å². The van der Waals surface area contributed by atoms with Crippen LogP contribution in [0.2, 0.25) is 0 Å². The maximum atomic E-state index is 12.9. The maximum Gasteiger partial charge on any atom is 0.277 e. The number of aryl methyl sites for hydroxylation is 2. The van der Waals surface area contributed by atoms with Crippen LogP contribution in [0.25, 0.3) is 5.52 Å². The molecule has 0 fully saturated rings. The minimum Gasteiger partial charge on any atom is -0.350 e. The monoisotopic (exact) mass is 364 g/mol. The molecule has 0 unspecified atom stereocenters. The van der Waals surface area contributed by atoms with Crippen molar-refractivity contribution in [3.63, 3.8) is 0 Å². The lowest BCUT2D eigenvalue weighted by molar-refractivity contribution is -0.121. The molecule has 0 saturated heterocycles. The van der Waals surface area contributed by atoms with Gasteiger partial charge in [0.1, 0.15) is 12.1 Å². The van der Waals surface area contributed by atoms with Crippen LogP contribution in [-0.2, 0) is 30.7 Å². The summed E-state index contributed by atoms with van der Waals surface area (Å²) in [4.78, 5) is 25.3. The summed E-state index contributed by atoms with van der Waals surface area (Å²) in [5, 5.41) is 7.44. The van der Waals surface area contributed by atoms with E-state index in [-0.39, 0.29) is 18.0 Å². The van der Waals surface area contributed by atoms with Crippen molar-refractivity contribution in [2.75, 3.05) is 0 Å². The zero-order valence-corrected chi connectivity index (χ0v) is 15.7. The van der Waals surface area contributed by atoms with E-state index >= 15 is 0 Å². The van der Waals surface area contributed by atoms with Gasteiger partial charge in [-0.25, -0.2) is 4.52 Å². The van der Waals surface area contributed by atoms with Gasteiger partial charge >= 0.3 is 0 Å². The highest BCUT2D eigenvalue weighted by Crippen LogP contribution is 2.26. The lowest BCUT2D eigenvalue weighted by atomic mass is 9.88. The second-order valence-corrected chi connectivity index (χ2v) is 7.56. The zero-order chi connectivity index (χ0) is 19.0. The third kappa shape index (κ3) is 3.52. The molecule has 27 heavy (non-hydrogen) atoms. The summed E-state index contributed by atoms with van der Waals surface area (Å²) >= 11 is 0. The van der Waals surface area contributed by atoms with E-state index in [1.54, 1.807) is 16.9 Å². The van der Waals surface area contributed by atoms with Crippen molar-refractivity contribution in [3.05, 3.63) is 69.4 Å². The summed E-state index contributed by atoms with van der Waals surface area (Å²) < 4.78 is 3.15. The molecule has 4 rings (SSSR count). The van der Waals surface area contributed by atoms with Crippen molar-refractivity contribution in [2.24, 2.45) is 5.92 Å². The van der Waals surface area contributed by atoms with E-state index in [9.17, 15) is 9.59 Å². The van der Waals surface area contributed by atoms with Crippen molar-refractivity contribution in [1.29, 1.82) is 0 Å². The molecule has 1 amide bonds. The lowest BCUT2D eigenvalue weighted by Gasteiger charge is -2.16. The first-order valence-electron chi connectivity index (χ1n) is 9.43. The van der Waals surface area contributed by atoms with Gasteiger partial charge in [-0.1, -0.05) is 36.8 Å². The number of fused-ring (bicyclic) bond motifs is 3. The van der Waals surface area contributed by atoms with Crippen molar-refractivity contribution in [1.82, 2.24) is 19.5 Å². The molecule has 1 atom stereocenters. The molecule has 3 aromatic rings. The summed E-state index contributed by atoms with van der Waals surface area (Å²) in [6.07, 6.45) is 6.30. The zero-order valence-electron chi connectivity index (χ0n) is 15.7. The normalized spacial score (nSPS) is 16.3. The number of amides is 1. The highest BCUT2D eigenvalue weighted by atomic mass is 16.2. The fourth-order valence-corrected chi connectivity index (χ4v) is 3.69. The van der Waals surface area contributed by atoms with Crippen molar-refractivity contribution < 1.29 is 4.79 Å². The van der Waals surface area contributed by atoms with Crippen molar-refractivity contribution in [2.45, 2.75) is 46.2 Å². The smallest absolute Gasteiger partial charge is 0.277 e. The summed E-state index contributed by atoms with van der Waals surface area (Å²) in [5.41, 5.74) is 4.76. The Balaban J connectivity index is 1.52. The van der Waals surface area contributed by atoms with Crippen LogP contribution in [0.3, 0.4) is 0 Å². The van der Waals surface area contributed by atoms with Gasteiger partial charge < -0.3 is 9.88 Å². The molecule has 0 radical (unpaired) electrons. The molecule has 6 heteroatoms. The first kappa shape index (κ1) is 17.5. The Hall–Kier alpha value is -2.89. The third-order valence-electron chi connectivity index (χ3n) is 5.29. The molecule has 1 aliphatic rings. The minimum absolute atomic E-state index is 0.0106. The number of carbonyl (C=O) groups is 1. The van der Waals surface area contributed by atoms with Gasteiger partial charge in [0.15, 0.2) is 0 Å². The molecule has 6 nitrogen and oxygen atoms in total. The number of hydrogen-bond acceptors (Lipinski definition) is 3. The Morgan fingerprint density at radius 1 is 1.26 bits per heavy atom. The van der Waals surface area contributed by atoms with Gasteiger partial charge in [-0.15, -0.1) is 0 Å². The predicted molar refractivity (Wildman–Crippen MR) is 104 cm³/mol. The molecule has 0 aliphatic heterocycles. The van der Waals surface area contributed by atoms with Crippen molar-refractivity contribution >= 4 is 11.4 Å². The molecule has 2 heterocycles. The fourth-order valence-electron chi connectivity index (χ4n) is 3.69. The lowest BCUT2D eigenvalue weighted by Crippen LogP contribution is -2.32. The Morgan fingerprint density at radius 2 is 2.04 bits per heavy atom. The van der Waals surface area contributed by atoms with E-state index in [1.807, 2.05) is 31.2 Å². The van der Waals surface area contributed by atoms with Crippen LogP contribution in [0.4, 0.5) is 0 Å². The Kier molecular flexibility index (Phi) is 4.56. The maximum absolute atomic E-state index is 12.9. The van der Waals surface area contributed by atoms with Gasteiger partial charge in [0.25, 0.3) is 5.56 Å². The average Bonchev–Trinajstić information content (AvgIpc) is 3.02. The van der Waals surface area contributed by atoms with Gasteiger partial charge in [0.05, 0.1) is 5.69 Å². The van der Waals surface area contributed by atoms with Crippen molar-refractivity contribution in [3.8, 4) is 0 Å². The highest BCUT2D eigenvalue weighted by Gasteiger charge is 2.23. The van der Waals surface area contributed by atoms with Gasteiger partial charge in [-0.05, 0) is 37.7 Å². The van der Waals surface area contributed by atoms with Crippen LogP contribution in [0.5, 0.6) is 0 Å². The van der Waals surface area contributed by atoms with Crippen LogP contribution in [0.1, 0.15) is 35.7 Å². The van der Waals surface area contributed by atoms with E-state index in [0.29, 0.717) is 18.0 Å². The standard InChI is InChI=1S/C21H24N4O2/c1-14-3-6-16(7-4-14)12-22-19(26)13-24-9-10-25-20(21(24)27)17-11-15(2)5-8-18(17)23-25/h3-4,6-7,9-10,15H,5,8,11-13H2,1-2H3,(H,22,26)/t15-/m1/s1. The molecule has 1 N–H and O–H groups in total. The predicted octanol–water partition coefficient (Wildman–Crippen LogP) is 2.25. The summed E-state index contributed by atoms with van der Waals surface area (Å²) in [6.45, 7) is 4.69. The fraction of sp³-hybridized carbons (Fsp3) is 0.381. The average molecular weight is 364 g/mol. The summed E-state index contributed by atoms with van der Waals surface area (Å²) in [6, 6.07) is 8.02. The SMILES string of the molecule is Cc1ccc(CNC(=O)Cn2ccn3nc4c(c3c2=O)C[C@H](C)CC4)cc1. The first-order valence-corrected chi connectivity index (χ1v) is 9.43. The quantitative estimate of drug-likeness (QED) is 0.772. The molecule has 1 aliphatic carbocycles. The van der Waals surface area contributed by atoms with Crippen LogP contribution < -0.4 is 10.9 Å². The van der Waals surface area contributed by atoms with Crippen LogP contribution in [0, 0.1) is 12.8 Å². The van der Waals surface area contributed by atoms with E-state index < -0.39 is 0 Å². The molecular formula is C21H24N4O2. The molecule has 2 aromatic heterocycles. The topological polar surface area (TPSA) is 68.4 Å². The largest absolute Gasteiger partial charge is 0.350 e. The molecular weight excluding hydrogens is 340 g/mol. The number of hydrogen-bond donors (Lipinski definition) is 1. The molecule has 1 aromatic carbocycles. The number of aromatic nitrogens is 3. The van der Waals surface area contributed by atoms with E-state index in [0.717, 1.165) is 36.1 Å². The van der Waals surface area contributed by atoms with Crippen LogP contribution in [0.15, 0.2) is 41.5 Å².